The molecular formula is C11H14N2O3S. The van der Waals surface area contributed by atoms with Gasteiger partial charge >= 0.3 is 0 Å². The number of carbonyl (C=O) groups excluding carboxylic acids is 1. The second-order valence-electron chi connectivity index (χ2n) is 5.10. The number of hydrogen-bond donors (Lipinski definition) is 0. The van der Waals surface area contributed by atoms with Crippen LogP contribution in [0.4, 0.5) is 0 Å². The maximum absolute atomic E-state index is 12.3. The van der Waals surface area contributed by atoms with Crippen molar-refractivity contribution in [1.82, 2.24) is 9.29 Å². The third-order valence-electron chi connectivity index (χ3n) is 2.50. The summed E-state index contributed by atoms with van der Waals surface area (Å²) in [7, 11) is -3.75. The molecule has 17 heavy (non-hydrogen) atoms. The average molecular weight is 254 g/mol. The van der Waals surface area contributed by atoms with Crippen LogP contribution < -0.4 is 0 Å². The zero-order chi connectivity index (χ0) is 13.0. The van der Waals surface area contributed by atoms with Gasteiger partial charge in [0.1, 0.15) is 10.6 Å². The highest BCUT2D eigenvalue weighted by Crippen LogP contribution is 2.34. The Morgan fingerprint density at radius 1 is 1.29 bits per heavy atom. The number of carbonyl (C=O) groups is 1. The summed E-state index contributed by atoms with van der Waals surface area (Å²) in [6, 6.07) is 1.49. The van der Waals surface area contributed by atoms with E-state index in [4.69, 9.17) is 0 Å². The molecule has 0 N–H and O–H groups in total. The van der Waals surface area contributed by atoms with Gasteiger partial charge in [-0.3, -0.25) is 4.79 Å². The molecule has 1 aromatic heterocycles. The highest BCUT2D eigenvalue weighted by atomic mass is 32.2. The van der Waals surface area contributed by atoms with E-state index in [1.54, 1.807) is 27.7 Å². The molecule has 92 valence electrons. The lowest BCUT2D eigenvalue weighted by Crippen LogP contribution is -2.45. The van der Waals surface area contributed by atoms with E-state index in [9.17, 15) is 13.2 Å². The predicted octanol–water partition coefficient (Wildman–Crippen LogP) is 1.33. The fourth-order valence-corrected chi connectivity index (χ4v) is 3.81. The van der Waals surface area contributed by atoms with Crippen molar-refractivity contribution >= 4 is 15.9 Å². The molecule has 1 amide bonds. The highest BCUT2D eigenvalue weighted by molar-refractivity contribution is 7.90. The first-order chi connectivity index (χ1) is 7.65. The number of hydrogen-bond acceptors (Lipinski definition) is 4. The number of nitrogens with zero attached hydrogens (tertiary/aromatic N) is 2. The molecule has 0 aromatic carbocycles. The van der Waals surface area contributed by atoms with Gasteiger partial charge in [-0.2, -0.15) is 0 Å². The lowest BCUT2D eigenvalue weighted by atomic mass is 10.1. The van der Waals surface area contributed by atoms with Crippen LogP contribution in [0.1, 0.15) is 36.8 Å². The number of aromatic nitrogens is 1. The third-order valence-corrected chi connectivity index (χ3v) is 4.57. The van der Waals surface area contributed by atoms with Gasteiger partial charge in [0.2, 0.25) is 0 Å². The van der Waals surface area contributed by atoms with E-state index < -0.39 is 21.5 Å². The second kappa shape index (κ2) is 3.29. The van der Waals surface area contributed by atoms with Crippen LogP contribution in [0.2, 0.25) is 0 Å². The molecule has 6 heteroatoms. The van der Waals surface area contributed by atoms with Crippen molar-refractivity contribution in [3.05, 3.63) is 23.5 Å². The highest BCUT2D eigenvalue weighted by Gasteiger charge is 2.47. The van der Waals surface area contributed by atoms with Crippen molar-refractivity contribution in [3.63, 3.8) is 0 Å². The van der Waals surface area contributed by atoms with E-state index in [1.165, 1.54) is 12.3 Å². The number of aryl methyl sites for hydroxylation is 1. The number of fused-ring (bicyclic) bond motifs is 1. The first-order valence-corrected chi connectivity index (χ1v) is 6.66. The summed E-state index contributed by atoms with van der Waals surface area (Å²) >= 11 is 0. The summed E-state index contributed by atoms with van der Waals surface area (Å²) < 4.78 is 25.4. The van der Waals surface area contributed by atoms with Crippen LogP contribution in [-0.4, -0.2) is 29.2 Å². The van der Waals surface area contributed by atoms with Crippen LogP contribution in [0.15, 0.2) is 17.2 Å². The average Bonchev–Trinajstić information content (AvgIpc) is 2.33. The fourth-order valence-electron chi connectivity index (χ4n) is 1.87. The molecule has 1 aliphatic heterocycles. The minimum atomic E-state index is -3.75. The molecule has 1 aliphatic rings. The van der Waals surface area contributed by atoms with Crippen LogP contribution in [0.25, 0.3) is 0 Å². The van der Waals surface area contributed by atoms with Gasteiger partial charge in [0.05, 0.1) is 5.54 Å². The number of amides is 1. The minimum absolute atomic E-state index is 0.0115. The van der Waals surface area contributed by atoms with Gasteiger partial charge in [0, 0.05) is 6.20 Å². The maximum atomic E-state index is 12.3. The van der Waals surface area contributed by atoms with E-state index in [2.05, 4.69) is 4.98 Å². The van der Waals surface area contributed by atoms with Crippen molar-refractivity contribution in [1.29, 1.82) is 0 Å². The summed E-state index contributed by atoms with van der Waals surface area (Å²) in [6.45, 7) is 6.79. The molecule has 0 fully saturated rings. The molecule has 2 rings (SSSR count). The van der Waals surface area contributed by atoms with Crippen LogP contribution in [0.3, 0.4) is 0 Å². The van der Waals surface area contributed by atoms with Gasteiger partial charge in [-0.05, 0) is 39.3 Å². The van der Waals surface area contributed by atoms with Crippen molar-refractivity contribution in [2.45, 2.75) is 38.1 Å². The number of pyridine rings is 1. The molecule has 0 radical (unpaired) electrons. The normalized spacial score (nSPS) is 18.4. The molecule has 2 heterocycles. The Kier molecular flexibility index (Phi) is 2.33. The maximum Gasteiger partial charge on any atom is 0.288 e. The number of rotatable bonds is 0. The molecule has 0 saturated carbocycles. The summed E-state index contributed by atoms with van der Waals surface area (Å²) in [5.74, 6) is -0.549. The molecule has 0 aliphatic carbocycles. The van der Waals surface area contributed by atoms with Gasteiger partial charge in [0.25, 0.3) is 15.9 Å². The van der Waals surface area contributed by atoms with Gasteiger partial charge in [-0.25, -0.2) is 17.7 Å². The Hall–Kier alpha value is -1.43. The van der Waals surface area contributed by atoms with Gasteiger partial charge in [0.15, 0.2) is 0 Å². The van der Waals surface area contributed by atoms with Gasteiger partial charge in [-0.1, -0.05) is 0 Å². The SMILES string of the molecule is Cc1cnc2c(c1)S(=O)(=O)N(C(C)(C)C)C2=O. The van der Waals surface area contributed by atoms with Crippen molar-refractivity contribution < 1.29 is 13.2 Å². The quantitative estimate of drug-likeness (QED) is 0.700. The largest absolute Gasteiger partial charge is 0.288 e. The Bertz CT molecular complexity index is 600. The molecule has 5 nitrogen and oxygen atoms in total. The lowest BCUT2D eigenvalue weighted by molar-refractivity contribution is 0.0782. The molecule has 0 spiro atoms. The van der Waals surface area contributed by atoms with Crippen molar-refractivity contribution in [2.75, 3.05) is 0 Å². The van der Waals surface area contributed by atoms with Crippen molar-refractivity contribution in [2.24, 2.45) is 0 Å². The van der Waals surface area contributed by atoms with Crippen LogP contribution in [0.5, 0.6) is 0 Å². The molecule has 0 unspecified atom stereocenters. The first kappa shape index (κ1) is 12.0. The third kappa shape index (κ3) is 1.63. The molecule has 0 saturated heterocycles. The lowest BCUT2D eigenvalue weighted by Gasteiger charge is -2.29. The van der Waals surface area contributed by atoms with E-state index in [-0.39, 0.29) is 10.6 Å². The summed E-state index contributed by atoms with van der Waals surface area (Å²) in [6.07, 6.45) is 1.50. The van der Waals surface area contributed by atoms with Gasteiger partial charge < -0.3 is 0 Å². The zero-order valence-corrected chi connectivity index (χ0v) is 11.0. The minimum Gasteiger partial charge on any atom is -0.266 e. The van der Waals surface area contributed by atoms with E-state index in [0.717, 1.165) is 9.87 Å². The Labute approximate surface area is 101 Å². The molecular weight excluding hydrogens is 240 g/mol. The Morgan fingerprint density at radius 3 is 2.41 bits per heavy atom. The molecule has 1 aromatic rings. The first-order valence-electron chi connectivity index (χ1n) is 5.22. The summed E-state index contributed by atoms with van der Waals surface area (Å²) in [5.41, 5.74) is -0.0498. The number of sulfonamides is 1. The zero-order valence-electron chi connectivity index (χ0n) is 10.2. The topological polar surface area (TPSA) is 67.3 Å². The summed E-state index contributed by atoms with van der Waals surface area (Å²) in [5, 5.41) is 0. The van der Waals surface area contributed by atoms with Gasteiger partial charge in [-0.15, -0.1) is 0 Å². The summed E-state index contributed by atoms with van der Waals surface area (Å²) in [4.78, 5) is 16.0. The smallest absolute Gasteiger partial charge is 0.266 e. The van der Waals surface area contributed by atoms with E-state index in [0.29, 0.717) is 0 Å². The monoisotopic (exact) mass is 254 g/mol. The molecule has 0 bridgehead atoms. The van der Waals surface area contributed by atoms with Crippen LogP contribution in [-0.2, 0) is 10.0 Å². The van der Waals surface area contributed by atoms with Crippen molar-refractivity contribution in [3.8, 4) is 0 Å². The van der Waals surface area contributed by atoms with Crippen LogP contribution >= 0.6 is 0 Å². The molecule has 0 atom stereocenters. The van der Waals surface area contributed by atoms with Crippen LogP contribution in [0, 0.1) is 6.92 Å². The Balaban J connectivity index is 2.74. The Morgan fingerprint density at radius 2 is 1.88 bits per heavy atom. The van der Waals surface area contributed by atoms with E-state index in [1.807, 2.05) is 0 Å². The van der Waals surface area contributed by atoms with E-state index >= 15 is 0 Å². The standard InChI is InChI=1S/C11H14N2O3S/c1-7-5-8-9(12-6-7)10(14)13(11(2,3)4)17(8,15)16/h5-6H,1-4H3. The predicted molar refractivity (Wildman–Crippen MR) is 62.1 cm³/mol. The second-order valence-corrected chi connectivity index (χ2v) is 6.86. The fraction of sp³-hybridized carbons (Fsp3) is 0.455.